The van der Waals surface area contributed by atoms with E-state index in [0.717, 1.165) is 10.0 Å². The maximum Gasteiger partial charge on any atom is 0.329 e. The van der Waals surface area contributed by atoms with Crippen LogP contribution < -0.4 is 15.5 Å². The summed E-state index contributed by atoms with van der Waals surface area (Å²) in [5.41, 5.74) is 3.45. The Morgan fingerprint density at radius 2 is 1.46 bits per heavy atom. The summed E-state index contributed by atoms with van der Waals surface area (Å²) in [4.78, 5) is 23.8. The van der Waals surface area contributed by atoms with Crippen LogP contribution in [0.25, 0.3) is 0 Å². The van der Waals surface area contributed by atoms with Crippen molar-refractivity contribution >= 4 is 39.6 Å². The summed E-state index contributed by atoms with van der Waals surface area (Å²) in [6.45, 7) is 0. The predicted octanol–water partition coefficient (Wildman–Crippen LogP) is 4.33. The summed E-state index contributed by atoms with van der Waals surface area (Å²) in [5, 5.41) is 6.28. The number of carbonyl (C=O) groups excluding carboxylic acids is 2. The Morgan fingerprint density at radius 3 is 2.14 bits per heavy atom. The third-order valence-corrected chi connectivity index (χ3v) is 4.08. The zero-order valence-electron chi connectivity index (χ0n) is 14.6. The van der Waals surface area contributed by atoms with E-state index in [1.54, 1.807) is 24.3 Å². The second-order valence-electron chi connectivity index (χ2n) is 5.64. The van der Waals surface area contributed by atoms with E-state index < -0.39 is 11.8 Å². The molecule has 0 unspecified atom stereocenters. The summed E-state index contributed by atoms with van der Waals surface area (Å²) < 4.78 is 6.61. The lowest BCUT2D eigenvalue weighted by Crippen LogP contribution is -2.32. The van der Waals surface area contributed by atoms with Gasteiger partial charge in [-0.25, -0.2) is 5.43 Å². The van der Waals surface area contributed by atoms with Crippen molar-refractivity contribution in [3.05, 3.63) is 88.9 Å². The molecule has 28 heavy (non-hydrogen) atoms. The normalized spacial score (nSPS) is 10.5. The molecule has 6 nitrogen and oxygen atoms in total. The lowest BCUT2D eigenvalue weighted by Gasteiger charge is -2.07. The summed E-state index contributed by atoms with van der Waals surface area (Å²) >= 11 is 3.33. The van der Waals surface area contributed by atoms with Crippen molar-refractivity contribution in [3.63, 3.8) is 0 Å². The first-order valence-electron chi connectivity index (χ1n) is 8.33. The number of amides is 2. The summed E-state index contributed by atoms with van der Waals surface area (Å²) in [7, 11) is 0. The van der Waals surface area contributed by atoms with Gasteiger partial charge in [-0.3, -0.25) is 9.59 Å². The van der Waals surface area contributed by atoms with Gasteiger partial charge in [0, 0.05) is 10.2 Å². The Kier molecular flexibility index (Phi) is 6.54. The molecule has 3 aromatic rings. The highest BCUT2D eigenvalue weighted by molar-refractivity contribution is 9.10. The van der Waals surface area contributed by atoms with Gasteiger partial charge in [-0.1, -0.05) is 46.3 Å². The molecule has 0 aromatic heterocycles. The minimum atomic E-state index is -0.863. The first-order chi connectivity index (χ1) is 13.6. The molecule has 0 heterocycles. The van der Waals surface area contributed by atoms with E-state index in [-0.39, 0.29) is 0 Å². The molecule has 0 aliphatic rings. The molecule has 0 atom stereocenters. The molecule has 0 radical (unpaired) electrons. The van der Waals surface area contributed by atoms with Crippen LogP contribution in [0.3, 0.4) is 0 Å². The van der Waals surface area contributed by atoms with Crippen LogP contribution in [-0.4, -0.2) is 18.0 Å². The average Bonchev–Trinajstić information content (AvgIpc) is 2.71. The van der Waals surface area contributed by atoms with Crippen LogP contribution in [0, 0.1) is 0 Å². The van der Waals surface area contributed by atoms with Gasteiger partial charge in [0.25, 0.3) is 0 Å². The molecule has 7 heteroatoms. The number of nitrogens with zero attached hydrogens (tertiary/aromatic N) is 1. The van der Waals surface area contributed by atoms with Crippen molar-refractivity contribution in [2.45, 2.75) is 0 Å². The maximum absolute atomic E-state index is 11.9. The lowest BCUT2D eigenvalue weighted by atomic mass is 10.2. The van der Waals surface area contributed by atoms with Crippen LogP contribution in [0.2, 0.25) is 0 Å². The highest BCUT2D eigenvalue weighted by Gasteiger charge is 2.12. The molecule has 0 aliphatic carbocycles. The van der Waals surface area contributed by atoms with E-state index in [0.29, 0.717) is 17.2 Å². The number of carbonyl (C=O) groups is 2. The van der Waals surface area contributed by atoms with Crippen LogP contribution in [0.5, 0.6) is 11.5 Å². The third-order valence-electron chi connectivity index (χ3n) is 3.55. The quantitative estimate of drug-likeness (QED) is 0.354. The lowest BCUT2D eigenvalue weighted by molar-refractivity contribution is -0.136. The Morgan fingerprint density at radius 1 is 0.821 bits per heavy atom. The van der Waals surface area contributed by atoms with Crippen LogP contribution in [0.1, 0.15) is 5.56 Å². The van der Waals surface area contributed by atoms with Gasteiger partial charge < -0.3 is 10.1 Å². The minimum absolute atomic E-state index is 0.470. The SMILES string of the molecule is O=C(N/N=C\c1ccc(Br)cc1)C(=O)Nc1ccc(Oc2ccccc2)cc1. The number of rotatable bonds is 5. The number of hydrogen-bond acceptors (Lipinski definition) is 4. The van der Waals surface area contributed by atoms with Gasteiger partial charge in [0.2, 0.25) is 0 Å². The first kappa shape index (κ1) is 19.3. The topological polar surface area (TPSA) is 79.8 Å². The number of para-hydroxylation sites is 1. The van der Waals surface area contributed by atoms with E-state index in [2.05, 4.69) is 31.8 Å². The van der Waals surface area contributed by atoms with E-state index in [1.807, 2.05) is 54.6 Å². The van der Waals surface area contributed by atoms with Crippen LogP contribution in [0.15, 0.2) is 88.4 Å². The highest BCUT2D eigenvalue weighted by Crippen LogP contribution is 2.22. The Hall–Kier alpha value is -3.45. The molecule has 0 saturated heterocycles. The average molecular weight is 438 g/mol. The Bertz CT molecular complexity index is 972. The number of halogens is 1. The van der Waals surface area contributed by atoms with Gasteiger partial charge in [-0.05, 0) is 54.1 Å². The van der Waals surface area contributed by atoms with Gasteiger partial charge >= 0.3 is 11.8 Å². The van der Waals surface area contributed by atoms with Crippen molar-refractivity contribution < 1.29 is 14.3 Å². The number of hydrogen-bond donors (Lipinski definition) is 2. The van der Waals surface area contributed by atoms with Crippen molar-refractivity contribution in [2.75, 3.05) is 5.32 Å². The van der Waals surface area contributed by atoms with Crippen LogP contribution in [-0.2, 0) is 9.59 Å². The monoisotopic (exact) mass is 437 g/mol. The standard InChI is InChI=1S/C21H16BrN3O3/c22-16-8-6-15(7-9-16)14-23-25-21(27)20(26)24-17-10-12-19(13-11-17)28-18-4-2-1-3-5-18/h1-14H,(H,24,26)(H,25,27)/b23-14-. The van der Waals surface area contributed by atoms with Crippen molar-refractivity contribution in [3.8, 4) is 11.5 Å². The number of anilines is 1. The molecular weight excluding hydrogens is 422 g/mol. The van der Waals surface area contributed by atoms with Gasteiger partial charge in [0.1, 0.15) is 11.5 Å². The van der Waals surface area contributed by atoms with Gasteiger partial charge in [0.15, 0.2) is 0 Å². The molecule has 3 aromatic carbocycles. The zero-order chi connectivity index (χ0) is 19.8. The predicted molar refractivity (Wildman–Crippen MR) is 111 cm³/mol. The number of benzene rings is 3. The van der Waals surface area contributed by atoms with Gasteiger partial charge in [-0.2, -0.15) is 5.10 Å². The summed E-state index contributed by atoms with van der Waals surface area (Å²) in [6.07, 6.45) is 1.45. The molecule has 0 fully saturated rings. The molecule has 3 rings (SSSR count). The summed E-state index contributed by atoms with van der Waals surface area (Å²) in [6, 6.07) is 23.4. The van der Waals surface area contributed by atoms with E-state index in [9.17, 15) is 9.59 Å². The largest absolute Gasteiger partial charge is 0.457 e. The molecule has 0 saturated carbocycles. The fourth-order valence-electron chi connectivity index (χ4n) is 2.18. The van der Waals surface area contributed by atoms with Gasteiger partial charge in [-0.15, -0.1) is 0 Å². The van der Waals surface area contributed by atoms with Crippen molar-refractivity contribution in [1.29, 1.82) is 0 Å². The molecule has 2 N–H and O–H groups in total. The minimum Gasteiger partial charge on any atom is -0.457 e. The smallest absolute Gasteiger partial charge is 0.329 e. The fourth-order valence-corrected chi connectivity index (χ4v) is 2.45. The second kappa shape index (κ2) is 9.48. The van der Waals surface area contributed by atoms with E-state index >= 15 is 0 Å². The molecule has 140 valence electrons. The molecular formula is C21H16BrN3O3. The Labute approximate surface area is 170 Å². The summed E-state index contributed by atoms with van der Waals surface area (Å²) in [5.74, 6) is -0.349. The first-order valence-corrected chi connectivity index (χ1v) is 9.12. The van der Waals surface area contributed by atoms with Crippen LogP contribution in [0.4, 0.5) is 5.69 Å². The van der Waals surface area contributed by atoms with Crippen molar-refractivity contribution in [1.82, 2.24) is 5.43 Å². The fraction of sp³-hybridized carbons (Fsp3) is 0. The molecule has 0 spiro atoms. The number of ether oxygens (including phenoxy) is 1. The van der Waals surface area contributed by atoms with E-state index in [1.165, 1.54) is 6.21 Å². The van der Waals surface area contributed by atoms with E-state index in [4.69, 9.17) is 4.74 Å². The zero-order valence-corrected chi connectivity index (χ0v) is 16.2. The third kappa shape index (κ3) is 5.78. The second-order valence-corrected chi connectivity index (χ2v) is 6.56. The Balaban J connectivity index is 1.50. The van der Waals surface area contributed by atoms with Crippen LogP contribution >= 0.6 is 15.9 Å². The molecule has 0 aliphatic heterocycles. The van der Waals surface area contributed by atoms with Gasteiger partial charge in [0.05, 0.1) is 6.21 Å². The van der Waals surface area contributed by atoms with Crippen molar-refractivity contribution in [2.24, 2.45) is 5.10 Å². The number of hydrazone groups is 1. The number of nitrogens with one attached hydrogen (secondary N) is 2. The molecule has 0 bridgehead atoms. The highest BCUT2D eigenvalue weighted by atomic mass is 79.9. The maximum atomic E-state index is 11.9. The molecule has 2 amide bonds.